The van der Waals surface area contributed by atoms with Gasteiger partial charge in [-0.2, -0.15) is 0 Å². The maximum atomic E-state index is 11.6. The molecule has 0 amide bonds. The van der Waals surface area contributed by atoms with Crippen LogP contribution in [0.1, 0.15) is 11.1 Å². The lowest BCUT2D eigenvalue weighted by molar-refractivity contribution is -0.132. The number of ether oxygens (including phenoxy) is 4. The van der Waals surface area contributed by atoms with E-state index in [1.165, 1.54) is 0 Å². The second-order valence-corrected chi connectivity index (χ2v) is 9.43. The first-order chi connectivity index (χ1) is 18.0. The summed E-state index contributed by atoms with van der Waals surface area (Å²) >= 11 is 0. The summed E-state index contributed by atoms with van der Waals surface area (Å²) < 4.78 is 22.5. The summed E-state index contributed by atoms with van der Waals surface area (Å²) in [5, 5.41) is 23.2. The lowest BCUT2D eigenvalue weighted by Crippen LogP contribution is -2.27. The van der Waals surface area contributed by atoms with Crippen molar-refractivity contribution in [3.8, 4) is 33.8 Å². The summed E-state index contributed by atoms with van der Waals surface area (Å²) in [7, 11) is 0. The van der Waals surface area contributed by atoms with Gasteiger partial charge in [0.1, 0.15) is 36.9 Å². The molecule has 2 fully saturated rings. The zero-order chi connectivity index (χ0) is 25.2. The summed E-state index contributed by atoms with van der Waals surface area (Å²) in [6.45, 7) is 2.17. The van der Waals surface area contributed by atoms with Gasteiger partial charge < -0.3 is 29.2 Å². The molecule has 2 aliphatic rings. The number of rotatable bonds is 10. The van der Waals surface area contributed by atoms with Gasteiger partial charge in [-0.05, 0) is 58.7 Å². The van der Waals surface area contributed by atoms with Crippen LogP contribution in [0.3, 0.4) is 0 Å². The zero-order valence-corrected chi connectivity index (χ0v) is 20.2. The van der Waals surface area contributed by atoms with Crippen molar-refractivity contribution in [3.05, 3.63) is 108 Å². The van der Waals surface area contributed by atoms with Gasteiger partial charge in [0.2, 0.25) is 5.79 Å². The molecule has 2 N–H and O–H groups in total. The van der Waals surface area contributed by atoms with E-state index >= 15 is 0 Å². The number of benzene rings is 4. The summed E-state index contributed by atoms with van der Waals surface area (Å²) in [4.78, 5) is 0. The van der Waals surface area contributed by atoms with Crippen molar-refractivity contribution in [2.45, 2.75) is 18.0 Å². The zero-order valence-electron chi connectivity index (χ0n) is 20.2. The van der Waals surface area contributed by atoms with Gasteiger partial charge in [0, 0.05) is 11.1 Å². The van der Waals surface area contributed by atoms with Crippen molar-refractivity contribution in [1.82, 2.24) is 0 Å². The third-order valence-corrected chi connectivity index (χ3v) is 6.51. The fourth-order valence-electron chi connectivity index (χ4n) is 4.24. The molecular formula is C31H28O6. The molecular weight excluding hydrogens is 468 g/mol. The highest BCUT2D eigenvalue weighted by Crippen LogP contribution is 2.37. The predicted molar refractivity (Wildman–Crippen MR) is 139 cm³/mol. The van der Waals surface area contributed by atoms with Crippen LogP contribution in [-0.4, -0.2) is 48.8 Å². The van der Waals surface area contributed by atoms with Crippen LogP contribution < -0.4 is 9.47 Å². The van der Waals surface area contributed by atoms with Crippen LogP contribution in [0, 0.1) is 0 Å². The molecule has 2 heterocycles. The van der Waals surface area contributed by atoms with Crippen LogP contribution in [0.25, 0.3) is 22.3 Å². The quantitative estimate of drug-likeness (QED) is 0.243. The molecule has 4 aromatic carbocycles. The molecule has 0 aliphatic carbocycles. The van der Waals surface area contributed by atoms with Gasteiger partial charge in [-0.15, -0.1) is 0 Å². The Balaban J connectivity index is 1.41. The summed E-state index contributed by atoms with van der Waals surface area (Å²) in [6, 6.07) is 30.3. The van der Waals surface area contributed by atoms with Crippen LogP contribution in [0.15, 0.2) is 97.1 Å². The minimum absolute atomic E-state index is 0.0783. The third kappa shape index (κ3) is 5.68. The molecule has 2 atom stereocenters. The van der Waals surface area contributed by atoms with Gasteiger partial charge in [0.25, 0.3) is 0 Å². The van der Waals surface area contributed by atoms with Crippen LogP contribution in [0.4, 0.5) is 0 Å². The SMILES string of the molecule is OC(O)(c1cc(OCC2CO2)cc(-c2ccccc2)c1)c1cc(OCC2CO2)cc(-c2ccccc2)c1. The van der Waals surface area contributed by atoms with Crippen molar-refractivity contribution in [2.75, 3.05) is 26.4 Å². The Morgan fingerprint density at radius 3 is 1.38 bits per heavy atom. The highest BCUT2D eigenvalue weighted by atomic mass is 16.6. The van der Waals surface area contributed by atoms with Crippen molar-refractivity contribution in [3.63, 3.8) is 0 Å². The smallest absolute Gasteiger partial charge is 0.217 e. The van der Waals surface area contributed by atoms with Crippen LogP contribution in [0.5, 0.6) is 11.5 Å². The minimum atomic E-state index is -2.31. The Morgan fingerprint density at radius 1 is 0.595 bits per heavy atom. The monoisotopic (exact) mass is 496 g/mol. The van der Waals surface area contributed by atoms with Gasteiger partial charge in [-0.25, -0.2) is 0 Å². The van der Waals surface area contributed by atoms with Crippen LogP contribution >= 0.6 is 0 Å². The lowest BCUT2D eigenvalue weighted by atomic mass is 9.91. The van der Waals surface area contributed by atoms with E-state index in [1.54, 1.807) is 24.3 Å². The average Bonchev–Trinajstić information content (AvgIpc) is 3.87. The topological polar surface area (TPSA) is 84.0 Å². The molecule has 6 nitrogen and oxygen atoms in total. The predicted octanol–water partition coefficient (Wildman–Crippen LogP) is 4.76. The summed E-state index contributed by atoms with van der Waals surface area (Å²) in [5.74, 6) is -1.22. The molecule has 2 unspecified atom stereocenters. The molecule has 0 radical (unpaired) electrons. The lowest BCUT2D eigenvalue weighted by Gasteiger charge is -2.25. The molecule has 0 spiro atoms. The Morgan fingerprint density at radius 2 is 1.00 bits per heavy atom. The van der Waals surface area contributed by atoms with Crippen molar-refractivity contribution < 1.29 is 29.2 Å². The molecule has 4 aromatic rings. The first-order valence-corrected chi connectivity index (χ1v) is 12.4. The highest BCUT2D eigenvalue weighted by Gasteiger charge is 2.32. The van der Waals surface area contributed by atoms with E-state index in [1.807, 2.05) is 72.8 Å². The second kappa shape index (κ2) is 10.00. The normalized spacial score (nSPS) is 18.3. The average molecular weight is 497 g/mol. The summed E-state index contributed by atoms with van der Waals surface area (Å²) in [6.07, 6.45) is 0.157. The molecule has 188 valence electrons. The van der Waals surface area contributed by atoms with E-state index in [4.69, 9.17) is 18.9 Å². The number of aliphatic hydroxyl groups is 2. The van der Waals surface area contributed by atoms with E-state index in [9.17, 15) is 10.2 Å². The Labute approximate surface area is 215 Å². The van der Waals surface area contributed by atoms with E-state index in [0.717, 1.165) is 22.3 Å². The molecule has 0 aromatic heterocycles. The van der Waals surface area contributed by atoms with Gasteiger partial charge >= 0.3 is 0 Å². The van der Waals surface area contributed by atoms with Gasteiger partial charge in [0.15, 0.2) is 0 Å². The first kappa shape index (κ1) is 23.7. The number of epoxide rings is 2. The van der Waals surface area contributed by atoms with Crippen molar-refractivity contribution in [1.29, 1.82) is 0 Å². The molecule has 6 heteroatoms. The highest BCUT2D eigenvalue weighted by molar-refractivity contribution is 5.69. The largest absolute Gasteiger partial charge is 0.491 e. The molecule has 0 saturated carbocycles. The van der Waals surface area contributed by atoms with E-state index < -0.39 is 5.79 Å². The van der Waals surface area contributed by atoms with Gasteiger partial charge in [-0.3, -0.25) is 0 Å². The summed E-state index contributed by atoms with van der Waals surface area (Å²) in [5.41, 5.74) is 4.11. The maximum absolute atomic E-state index is 11.6. The van der Waals surface area contributed by atoms with E-state index in [0.29, 0.717) is 49.1 Å². The minimum Gasteiger partial charge on any atom is -0.491 e. The fourth-order valence-corrected chi connectivity index (χ4v) is 4.24. The number of hydrogen-bond donors (Lipinski definition) is 2. The maximum Gasteiger partial charge on any atom is 0.217 e. The first-order valence-electron chi connectivity index (χ1n) is 12.4. The van der Waals surface area contributed by atoms with E-state index in [2.05, 4.69) is 0 Å². The van der Waals surface area contributed by atoms with Gasteiger partial charge in [0.05, 0.1) is 13.2 Å². The van der Waals surface area contributed by atoms with Crippen LogP contribution in [0.2, 0.25) is 0 Å². The molecule has 6 rings (SSSR count). The molecule has 2 saturated heterocycles. The third-order valence-electron chi connectivity index (χ3n) is 6.51. The Hall–Kier alpha value is -3.68. The second-order valence-electron chi connectivity index (χ2n) is 9.43. The van der Waals surface area contributed by atoms with Crippen molar-refractivity contribution in [2.24, 2.45) is 0 Å². The van der Waals surface area contributed by atoms with E-state index in [-0.39, 0.29) is 12.2 Å². The van der Waals surface area contributed by atoms with Crippen LogP contribution in [-0.2, 0) is 15.3 Å². The molecule has 0 bridgehead atoms. The fraction of sp³-hybridized carbons (Fsp3) is 0.226. The molecule has 37 heavy (non-hydrogen) atoms. The Bertz CT molecular complexity index is 1260. The molecule has 2 aliphatic heterocycles. The Kier molecular flexibility index (Phi) is 6.40. The number of hydrogen-bond acceptors (Lipinski definition) is 6. The standard InChI is InChI=1S/C31H28O6/c32-31(33,25-11-23(21-7-3-1-4-8-21)13-27(15-25)34-17-29-19-36-29)26-12-24(22-9-5-2-6-10-22)14-28(16-26)35-18-30-20-37-30/h1-16,29-30,32-33H,17-20H2. The van der Waals surface area contributed by atoms with Crippen molar-refractivity contribution >= 4 is 0 Å². The van der Waals surface area contributed by atoms with Gasteiger partial charge in [-0.1, -0.05) is 60.7 Å².